The number of nitrogens with zero attached hydrogens (tertiary/aromatic N) is 3. The predicted octanol–water partition coefficient (Wildman–Crippen LogP) is 2.31. The van der Waals surface area contributed by atoms with Crippen molar-refractivity contribution in [2.75, 3.05) is 19.0 Å². The molecule has 2 N–H and O–H groups in total. The summed E-state index contributed by atoms with van der Waals surface area (Å²) in [6, 6.07) is 2.66. The summed E-state index contributed by atoms with van der Waals surface area (Å²) >= 11 is 0. The van der Waals surface area contributed by atoms with Gasteiger partial charge in [0.1, 0.15) is 11.4 Å². The number of halogens is 3. The molecule has 11 heteroatoms. The quantitative estimate of drug-likeness (QED) is 0.840. The molecule has 3 heterocycles. The van der Waals surface area contributed by atoms with Crippen LogP contribution in [0, 0.1) is 6.42 Å². The van der Waals surface area contributed by atoms with Crippen molar-refractivity contribution in [3.8, 4) is 0 Å². The Kier molecular flexibility index (Phi) is 5.01. The third-order valence-electron chi connectivity index (χ3n) is 3.92. The number of aromatic amines is 1. The van der Waals surface area contributed by atoms with Crippen molar-refractivity contribution in [3.05, 3.63) is 35.6 Å². The van der Waals surface area contributed by atoms with E-state index in [9.17, 15) is 18.0 Å². The average Bonchev–Trinajstić information content (AvgIpc) is 3.26. The topological polar surface area (TPSA) is 94.1 Å². The van der Waals surface area contributed by atoms with Crippen LogP contribution in [0.3, 0.4) is 0 Å². The van der Waals surface area contributed by atoms with E-state index in [1.807, 2.05) is 6.42 Å². The van der Waals surface area contributed by atoms with Gasteiger partial charge in [-0.15, -0.1) is 0 Å². The zero-order valence-electron chi connectivity index (χ0n) is 14.0. The summed E-state index contributed by atoms with van der Waals surface area (Å²) in [6.07, 6.45) is -4.27. The summed E-state index contributed by atoms with van der Waals surface area (Å²) < 4.78 is 49.8. The number of ether oxygens (including phenoxy) is 2. The van der Waals surface area contributed by atoms with E-state index in [0.717, 1.165) is 24.3 Å². The van der Waals surface area contributed by atoms with Crippen molar-refractivity contribution in [3.63, 3.8) is 0 Å². The molecule has 8 nitrogen and oxygen atoms in total. The minimum Gasteiger partial charge on any atom is -0.372 e. The number of carbonyl (C=O) groups is 1. The molecule has 1 aliphatic heterocycles. The van der Waals surface area contributed by atoms with E-state index in [1.54, 1.807) is 6.07 Å². The maximum absolute atomic E-state index is 12.9. The molecule has 26 heavy (non-hydrogen) atoms. The number of carbonyl (C=O) groups excluding carboxylic acids is 1. The Morgan fingerprint density at radius 1 is 1.50 bits per heavy atom. The molecule has 1 amide bonds. The van der Waals surface area contributed by atoms with Crippen molar-refractivity contribution in [1.82, 2.24) is 20.0 Å². The maximum Gasteiger partial charge on any atom is 0.420 e. The van der Waals surface area contributed by atoms with Gasteiger partial charge in [-0.3, -0.25) is 14.6 Å². The lowest BCUT2D eigenvalue weighted by atomic mass is 10.2. The highest BCUT2D eigenvalue weighted by Gasteiger charge is 2.43. The molecule has 0 aliphatic carbocycles. The fourth-order valence-electron chi connectivity index (χ4n) is 2.69. The Balaban J connectivity index is 1.74. The molecule has 2 aromatic rings. The monoisotopic (exact) mass is 372 g/mol. The van der Waals surface area contributed by atoms with Crippen molar-refractivity contribution in [1.29, 1.82) is 0 Å². The van der Waals surface area contributed by atoms with Gasteiger partial charge >= 0.3 is 6.18 Å². The fraction of sp³-hybridized carbons (Fsp3) is 0.467. The van der Waals surface area contributed by atoms with Crippen molar-refractivity contribution in [2.24, 2.45) is 7.05 Å². The van der Waals surface area contributed by atoms with E-state index >= 15 is 0 Å². The van der Waals surface area contributed by atoms with Crippen molar-refractivity contribution < 1.29 is 27.4 Å². The summed E-state index contributed by atoms with van der Waals surface area (Å²) in [5, 5.41) is 13.0. The predicted molar refractivity (Wildman–Crippen MR) is 83.2 cm³/mol. The van der Waals surface area contributed by atoms with Crippen LogP contribution in [0.2, 0.25) is 0 Å². The number of aryl methyl sites for hydroxylation is 1. The van der Waals surface area contributed by atoms with E-state index in [4.69, 9.17) is 4.74 Å². The third-order valence-corrected chi connectivity index (χ3v) is 3.92. The van der Waals surface area contributed by atoms with Crippen LogP contribution in [-0.2, 0) is 16.5 Å². The Morgan fingerprint density at radius 2 is 2.27 bits per heavy atom. The summed E-state index contributed by atoms with van der Waals surface area (Å²) in [6.45, 7) is 0.545. The van der Waals surface area contributed by atoms with E-state index < -0.39 is 23.9 Å². The van der Waals surface area contributed by atoms with Gasteiger partial charge in [-0.05, 0) is 18.9 Å². The number of rotatable bonds is 5. The standard InChI is InChI=1S/C15H17F3N5O3/c1-23-10(6-9(22-23)13(25-2)15(16,17)18)14(24)19-12-7-8(20-21-12)11-4-3-5-26-11/h3,6-7,11,13H,4-5H2,1-2H3,(H2,19,20,21,24)/t11-,13+/m1/s1. The number of hydrogen-bond donors (Lipinski definition) is 2. The van der Waals surface area contributed by atoms with Crippen LogP contribution >= 0.6 is 0 Å². The van der Waals surface area contributed by atoms with Crippen LogP contribution < -0.4 is 5.32 Å². The first-order valence-corrected chi connectivity index (χ1v) is 7.73. The first kappa shape index (κ1) is 18.4. The van der Waals surface area contributed by atoms with Gasteiger partial charge < -0.3 is 14.8 Å². The molecule has 1 saturated heterocycles. The molecule has 1 radical (unpaired) electrons. The molecular formula is C15H17F3N5O3. The smallest absolute Gasteiger partial charge is 0.372 e. The Morgan fingerprint density at radius 3 is 2.88 bits per heavy atom. The van der Waals surface area contributed by atoms with E-state index in [2.05, 4.69) is 25.3 Å². The van der Waals surface area contributed by atoms with Gasteiger partial charge in [0, 0.05) is 20.2 Å². The number of H-pyrrole nitrogens is 1. The second kappa shape index (κ2) is 7.08. The highest BCUT2D eigenvalue weighted by molar-refractivity contribution is 6.02. The summed E-state index contributed by atoms with van der Waals surface area (Å²) in [5.74, 6) is -0.400. The lowest BCUT2D eigenvalue weighted by molar-refractivity contribution is -0.217. The van der Waals surface area contributed by atoms with E-state index in [0.29, 0.717) is 12.3 Å². The largest absolute Gasteiger partial charge is 0.420 e. The minimum absolute atomic E-state index is 0.0544. The lowest BCUT2D eigenvalue weighted by Gasteiger charge is -2.15. The first-order chi connectivity index (χ1) is 12.3. The van der Waals surface area contributed by atoms with Crippen molar-refractivity contribution >= 4 is 11.7 Å². The van der Waals surface area contributed by atoms with Gasteiger partial charge in [0.2, 0.25) is 0 Å². The number of methoxy groups -OCH3 is 1. The zero-order chi connectivity index (χ0) is 18.9. The molecular weight excluding hydrogens is 355 g/mol. The van der Waals surface area contributed by atoms with Gasteiger partial charge in [0.05, 0.1) is 18.4 Å². The Labute approximate surface area is 146 Å². The highest BCUT2D eigenvalue weighted by atomic mass is 19.4. The maximum atomic E-state index is 12.9. The van der Waals surface area contributed by atoms with Gasteiger partial charge in [-0.1, -0.05) is 0 Å². The molecule has 0 spiro atoms. The van der Waals surface area contributed by atoms with Crippen LogP contribution in [-0.4, -0.2) is 45.8 Å². The van der Waals surface area contributed by atoms with Crippen LogP contribution in [0.5, 0.6) is 0 Å². The number of aromatic nitrogens is 4. The van der Waals surface area contributed by atoms with Crippen LogP contribution in [0.15, 0.2) is 12.1 Å². The van der Waals surface area contributed by atoms with Crippen LogP contribution in [0.4, 0.5) is 19.0 Å². The molecule has 0 bridgehead atoms. The second-order valence-corrected chi connectivity index (χ2v) is 5.74. The fourth-order valence-corrected chi connectivity index (χ4v) is 2.69. The molecule has 1 aliphatic rings. The highest BCUT2D eigenvalue weighted by Crippen LogP contribution is 2.34. The average molecular weight is 372 g/mol. The molecule has 0 aromatic carbocycles. The molecule has 0 unspecified atom stereocenters. The molecule has 0 saturated carbocycles. The van der Waals surface area contributed by atoms with Gasteiger partial charge in [0.25, 0.3) is 5.91 Å². The normalized spacial score (nSPS) is 18.9. The summed E-state index contributed by atoms with van der Waals surface area (Å²) in [4.78, 5) is 12.4. The zero-order valence-corrected chi connectivity index (χ0v) is 14.0. The molecule has 141 valence electrons. The van der Waals surface area contributed by atoms with Crippen LogP contribution in [0.25, 0.3) is 0 Å². The molecule has 2 aromatic heterocycles. The first-order valence-electron chi connectivity index (χ1n) is 7.73. The lowest BCUT2D eigenvalue weighted by Crippen LogP contribution is -2.23. The van der Waals surface area contributed by atoms with Gasteiger partial charge in [-0.2, -0.15) is 23.4 Å². The molecule has 3 rings (SSSR count). The summed E-state index contributed by atoms with van der Waals surface area (Å²) in [7, 11) is 2.31. The third kappa shape index (κ3) is 3.73. The van der Waals surface area contributed by atoms with Gasteiger partial charge in [-0.25, -0.2) is 0 Å². The second-order valence-electron chi connectivity index (χ2n) is 5.74. The number of amides is 1. The van der Waals surface area contributed by atoms with E-state index in [-0.39, 0.29) is 17.6 Å². The number of anilines is 1. The van der Waals surface area contributed by atoms with E-state index in [1.165, 1.54) is 7.05 Å². The van der Waals surface area contributed by atoms with Gasteiger partial charge in [0.15, 0.2) is 11.9 Å². The minimum atomic E-state index is -4.63. The Bertz CT molecular complexity index is 780. The van der Waals surface area contributed by atoms with Crippen molar-refractivity contribution in [2.45, 2.75) is 24.8 Å². The number of hydrogen-bond acceptors (Lipinski definition) is 5. The number of nitrogens with one attached hydrogen (secondary N) is 2. The summed E-state index contributed by atoms with van der Waals surface area (Å²) in [5.41, 5.74) is 0.253. The molecule has 2 atom stereocenters. The molecule has 1 fully saturated rings. The number of alkyl halides is 3. The Hall–Kier alpha value is -2.40. The SMILES string of the molecule is CO[C@@H](c1cc(C(=O)Nc2cc([C@H]3C[CH]CO3)[nH]n2)n(C)n1)C(F)(F)F. The van der Waals surface area contributed by atoms with Crippen LogP contribution in [0.1, 0.15) is 40.5 Å².